The van der Waals surface area contributed by atoms with Crippen LogP contribution in [0.4, 0.5) is 4.39 Å². The van der Waals surface area contributed by atoms with E-state index in [0.29, 0.717) is 5.75 Å². The highest BCUT2D eigenvalue weighted by atomic mass is 35.5. The maximum Gasteiger partial charge on any atom is 0.182 e. The molecule has 0 heterocycles. The van der Waals surface area contributed by atoms with Crippen LogP contribution >= 0.6 is 11.6 Å². The lowest BCUT2D eigenvalue weighted by Crippen LogP contribution is -2.25. The van der Waals surface area contributed by atoms with E-state index in [0.717, 1.165) is 0 Å². The molecule has 0 radical (unpaired) electrons. The number of halogens is 2. The number of hydrogen-bond acceptors (Lipinski definition) is 3. The minimum Gasteiger partial charge on any atom is -0.591 e. The summed E-state index contributed by atoms with van der Waals surface area (Å²) in [4.78, 5) is 0. The molecule has 0 unspecified atom stereocenters. The summed E-state index contributed by atoms with van der Waals surface area (Å²) < 4.78 is 35.4. The van der Waals surface area contributed by atoms with Crippen molar-refractivity contribution in [3.05, 3.63) is 58.9 Å². The average Bonchev–Trinajstić information content (AvgIpc) is 2.50. The van der Waals surface area contributed by atoms with Gasteiger partial charge in [-0.2, -0.15) is 0 Å². The van der Waals surface area contributed by atoms with Crippen LogP contribution in [0.2, 0.25) is 5.02 Å². The standard InChI is InChI=1S/C17H17ClFNO2S/c1-17(2,3)23(21)20-11-12-9-10-14(18)16(15(12)19)22-13-7-5-4-6-8-13/h4-11H,1-3H3/b20-11+/t23-/m1/s1. The van der Waals surface area contributed by atoms with Gasteiger partial charge in [0.05, 0.1) is 11.2 Å². The van der Waals surface area contributed by atoms with E-state index >= 15 is 0 Å². The van der Waals surface area contributed by atoms with E-state index < -0.39 is 21.9 Å². The summed E-state index contributed by atoms with van der Waals surface area (Å²) in [6, 6.07) is 11.8. The molecule has 0 aromatic heterocycles. The largest absolute Gasteiger partial charge is 0.591 e. The monoisotopic (exact) mass is 353 g/mol. The molecule has 2 aromatic rings. The van der Waals surface area contributed by atoms with Gasteiger partial charge in [0.2, 0.25) is 0 Å². The molecule has 0 aliphatic carbocycles. The zero-order valence-corrected chi connectivity index (χ0v) is 14.6. The number of hydrogen-bond donors (Lipinski definition) is 0. The zero-order valence-electron chi connectivity index (χ0n) is 13.0. The van der Waals surface area contributed by atoms with Gasteiger partial charge in [0.1, 0.15) is 21.9 Å². The number of benzene rings is 2. The molecule has 0 saturated heterocycles. The van der Waals surface area contributed by atoms with Crippen LogP contribution in [-0.2, 0) is 11.4 Å². The third-order valence-electron chi connectivity index (χ3n) is 2.85. The summed E-state index contributed by atoms with van der Waals surface area (Å²) in [5.74, 6) is -0.250. The molecular formula is C17H17ClFNO2S. The fourth-order valence-electron chi connectivity index (χ4n) is 1.61. The third-order valence-corrected chi connectivity index (χ3v) is 4.50. The molecule has 0 amide bonds. The van der Waals surface area contributed by atoms with Crippen LogP contribution in [0.15, 0.2) is 46.9 Å². The van der Waals surface area contributed by atoms with Gasteiger partial charge in [0, 0.05) is 5.56 Å². The first-order valence-electron chi connectivity index (χ1n) is 6.96. The minimum atomic E-state index is -1.47. The van der Waals surface area contributed by atoms with Crippen LogP contribution in [0.25, 0.3) is 0 Å². The number of rotatable bonds is 4. The van der Waals surface area contributed by atoms with Crippen molar-refractivity contribution >= 4 is 29.2 Å². The lowest BCUT2D eigenvalue weighted by Gasteiger charge is -2.17. The first-order valence-corrected chi connectivity index (χ1v) is 8.44. The normalized spacial score (nSPS) is 13.3. The Balaban J connectivity index is 2.30. The molecule has 0 fully saturated rings. The number of para-hydroxylation sites is 1. The van der Waals surface area contributed by atoms with E-state index in [1.165, 1.54) is 18.3 Å². The highest BCUT2D eigenvalue weighted by molar-refractivity contribution is 7.91. The predicted octanol–water partition coefficient (Wildman–Crippen LogP) is 5.15. The first kappa shape index (κ1) is 17.8. The van der Waals surface area contributed by atoms with Crippen molar-refractivity contribution in [2.24, 2.45) is 4.40 Å². The molecule has 3 nitrogen and oxygen atoms in total. The molecule has 2 aromatic carbocycles. The van der Waals surface area contributed by atoms with E-state index in [2.05, 4.69) is 4.40 Å². The molecule has 0 spiro atoms. The Morgan fingerprint density at radius 3 is 2.43 bits per heavy atom. The lowest BCUT2D eigenvalue weighted by molar-refractivity contribution is 0.442. The first-order chi connectivity index (χ1) is 10.8. The van der Waals surface area contributed by atoms with Crippen LogP contribution in [-0.4, -0.2) is 15.5 Å². The van der Waals surface area contributed by atoms with Crippen molar-refractivity contribution in [1.29, 1.82) is 0 Å². The van der Waals surface area contributed by atoms with E-state index in [-0.39, 0.29) is 16.3 Å². The SMILES string of the molecule is CC(C)(C)[S@@+]([O-])/N=C/c1ccc(Cl)c(Oc2ccccc2)c1F. The summed E-state index contributed by atoms with van der Waals surface area (Å²) in [6.45, 7) is 5.38. The highest BCUT2D eigenvalue weighted by Gasteiger charge is 2.26. The molecule has 2 rings (SSSR count). The van der Waals surface area contributed by atoms with Gasteiger partial charge >= 0.3 is 0 Å². The van der Waals surface area contributed by atoms with Gasteiger partial charge in [-0.05, 0) is 45.0 Å². The summed E-state index contributed by atoms with van der Waals surface area (Å²) in [5, 5.41) is 0.153. The predicted molar refractivity (Wildman–Crippen MR) is 93.4 cm³/mol. The van der Waals surface area contributed by atoms with E-state index in [1.54, 1.807) is 45.0 Å². The molecule has 23 heavy (non-hydrogen) atoms. The zero-order chi connectivity index (χ0) is 17.0. The molecule has 6 heteroatoms. The van der Waals surface area contributed by atoms with Gasteiger partial charge in [-0.1, -0.05) is 34.2 Å². The molecule has 0 aliphatic rings. The van der Waals surface area contributed by atoms with Crippen molar-refractivity contribution in [2.75, 3.05) is 0 Å². The molecular weight excluding hydrogens is 337 g/mol. The summed E-state index contributed by atoms with van der Waals surface area (Å²) in [6.07, 6.45) is 1.24. The minimum absolute atomic E-state index is 0.0802. The molecule has 0 saturated carbocycles. The molecule has 0 bridgehead atoms. The van der Waals surface area contributed by atoms with E-state index in [4.69, 9.17) is 16.3 Å². The Morgan fingerprint density at radius 2 is 1.83 bits per heavy atom. The van der Waals surface area contributed by atoms with Crippen molar-refractivity contribution in [1.82, 2.24) is 0 Å². The van der Waals surface area contributed by atoms with Crippen molar-refractivity contribution < 1.29 is 13.7 Å². The van der Waals surface area contributed by atoms with Crippen molar-refractivity contribution in [3.8, 4) is 11.5 Å². The van der Waals surface area contributed by atoms with Crippen LogP contribution in [0, 0.1) is 5.82 Å². The van der Waals surface area contributed by atoms with Gasteiger partial charge in [-0.3, -0.25) is 0 Å². The Kier molecular flexibility index (Phi) is 5.68. The van der Waals surface area contributed by atoms with Gasteiger partial charge in [0.25, 0.3) is 0 Å². The second-order valence-corrected chi connectivity index (χ2v) is 8.13. The van der Waals surface area contributed by atoms with Gasteiger partial charge in [-0.25, -0.2) is 4.39 Å². The Bertz CT molecular complexity index is 702. The average molecular weight is 354 g/mol. The fourth-order valence-corrected chi connectivity index (χ4v) is 2.32. The van der Waals surface area contributed by atoms with Crippen molar-refractivity contribution in [2.45, 2.75) is 25.5 Å². The van der Waals surface area contributed by atoms with Crippen LogP contribution in [0.1, 0.15) is 26.3 Å². The second-order valence-electron chi connectivity index (χ2n) is 5.79. The third kappa shape index (κ3) is 4.70. The van der Waals surface area contributed by atoms with Crippen molar-refractivity contribution in [3.63, 3.8) is 0 Å². The fraction of sp³-hybridized carbons (Fsp3) is 0.235. The maximum atomic E-state index is 14.6. The molecule has 1 atom stereocenters. The summed E-state index contributed by atoms with van der Waals surface area (Å²) in [7, 11) is 0. The van der Waals surface area contributed by atoms with E-state index in [1.807, 2.05) is 6.07 Å². The van der Waals surface area contributed by atoms with Crippen LogP contribution in [0.5, 0.6) is 11.5 Å². The van der Waals surface area contributed by atoms with Gasteiger partial charge < -0.3 is 9.29 Å². The van der Waals surface area contributed by atoms with Gasteiger partial charge in [-0.15, -0.1) is 0 Å². The molecule has 0 N–H and O–H groups in total. The molecule has 122 valence electrons. The number of nitrogens with zero attached hydrogens (tertiary/aromatic N) is 1. The highest BCUT2D eigenvalue weighted by Crippen LogP contribution is 2.33. The molecule has 0 aliphatic heterocycles. The topological polar surface area (TPSA) is 44.7 Å². The maximum absolute atomic E-state index is 14.6. The smallest absolute Gasteiger partial charge is 0.182 e. The quantitative estimate of drug-likeness (QED) is 0.563. The van der Waals surface area contributed by atoms with Crippen LogP contribution < -0.4 is 4.74 Å². The van der Waals surface area contributed by atoms with E-state index in [9.17, 15) is 8.94 Å². The Hall–Kier alpha value is -1.56. The van der Waals surface area contributed by atoms with Gasteiger partial charge in [0.15, 0.2) is 11.6 Å². The second kappa shape index (κ2) is 7.34. The summed E-state index contributed by atoms with van der Waals surface area (Å²) in [5.41, 5.74) is 0.165. The van der Waals surface area contributed by atoms with Crippen LogP contribution in [0.3, 0.4) is 0 Å². The lowest BCUT2D eigenvalue weighted by atomic mass is 10.2. The Morgan fingerprint density at radius 1 is 1.17 bits per heavy atom. The summed E-state index contributed by atoms with van der Waals surface area (Å²) >= 11 is 4.55. The Labute approximate surface area is 143 Å². The number of ether oxygens (including phenoxy) is 1.